The van der Waals surface area contributed by atoms with E-state index in [1.165, 1.54) is 6.07 Å². The number of benzene rings is 1. The molecule has 0 fully saturated rings. The number of alkyl halides is 3. The zero-order valence-electron chi connectivity index (χ0n) is 12.5. The fourth-order valence-electron chi connectivity index (χ4n) is 2.54. The molecular weight excluding hydrogens is 284 g/mol. The largest absolute Gasteiger partial charge is 0.416 e. The van der Waals surface area contributed by atoms with Crippen molar-refractivity contribution in [2.45, 2.75) is 45.5 Å². The highest BCUT2D eigenvalue weighted by Crippen LogP contribution is 2.37. The van der Waals surface area contributed by atoms with Gasteiger partial charge in [-0.3, -0.25) is 4.90 Å². The van der Waals surface area contributed by atoms with Gasteiger partial charge in [0.05, 0.1) is 5.56 Å². The van der Waals surface area contributed by atoms with E-state index >= 15 is 0 Å². The Morgan fingerprint density at radius 1 is 1.24 bits per heavy atom. The summed E-state index contributed by atoms with van der Waals surface area (Å²) in [6.45, 7) is 6.46. The Kier molecular flexibility index (Phi) is 6.16. The Bertz CT molecular complexity index is 457. The van der Waals surface area contributed by atoms with Crippen molar-refractivity contribution in [3.63, 3.8) is 0 Å². The second-order valence-electron chi connectivity index (χ2n) is 5.31. The molecule has 21 heavy (non-hydrogen) atoms. The van der Waals surface area contributed by atoms with Crippen LogP contribution in [-0.4, -0.2) is 24.0 Å². The summed E-state index contributed by atoms with van der Waals surface area (Å²) >= 11 is 0. The van der Waals surface area contributed by atoms with Gasteiger partial charge < -0.3 is 5.73 Å². The van der Waals surface area contributed by atoms with Crippen molar-refractivity contribution in [1.29, 1.82) is 0 Å². The summed E-state index contributed by atoms with van der Waals surface area (Å²) in [4.78, 5) is 1.92. The second kappa shape index (κ2) is 7.22. The normalized spacial score (nSPS) is 14.0. The number of nitrogens with two attached hydrogens (primary N) is 1. The average Bonchev–Trinajstić information content (AvgIpc) is 2.38. The van der Waals surface area contributed by atoms with Crippen molar-refractivity contribution >= 4 is 0 Å². The molecule has 1 atom stereocenters. The second-order valence-corrected chi connectivity index (χ2v) is 5.31. The molecule has 0 radical (unpaired) electrons. The van der Waals surface area contributed by atoms with Gasteiger partial charge in [-0.05, 0) is 44.5 Å². The predicted octanol–water partition coefficient (Wildman–Crippen LogP) is 3.96. The van der Waals surface area contributed by atoms with Crippen molar-refractivity contribution in [1.82, 2.24) is 4.90 Å². The van der Waals surface area contributed by atoms with Gasteiger partial charge in [-0.1, -0.05) is 13.0 Å². The van der Waals surface area contributed by atoms with E-state index in [4.69, 9.17) is 5.73 Å². The van der Waals surface area contributed by atoms with Gasteiger partial charge >= 0.3 is 6.18 Å². The number of rotatable bonds is 6. The summed E-state index contributed by atoms with van der Waals surface area (Å²) in [5.74, 6) is -0.895. The van der Waals surface area contributed by atoms with Crippen LogP contribution in [0.25, 0.3) is 0 Å². The standard InChI is InChI=1S/C15H22F4N2/c1-4-7-21(10(2)3)14(9-20)12-6-5-11(16)8-13(12)15(17,18)19/h5-6,8,10,14H,4,7,9,20H2,1-3H3. The first-order valence-electron chi connectivity index (χ1n) is 7.04. The first-order chi connectivity index (χ1) is 9.72. The molecule has 2 nitrogen and oxygen atoms in total. The van der Waals surface area contributed by atoms with Crippen molar-refractivity contribution in [3.05, 3.63) is 35.1 Å². The zero-order chi connectivity index (χ0) is 16.2. The highest BCUT2D eigenvalue weighted by Gasteiger charge is 2.37. The lowest BCUT2D eigenvalue weighted by atomic mass is 9.97. The van der Waals surface area contributed by atoms with E-state index in [-0.39, 0.29) is 18.2 Å². The molecule has 6 heteroatoms. The first-order valence-corrected chi connectivity index (χ1v) is 7.04. The highest BCUT2D eigenvalue weighted by molar-refractivity contribution is 5.33. The van der Waals surface area contributed by atoms with Crippen LogP contribution in [0.4, 0.5) is 17.6 Å². The van der Waals surface area contributed by atoms with Crippen molar-refractivity contribution < 1.29 is 17.6 Å². The van der Waals surface area contributed by atoms with Crippen LogP contribution in [0.5, 0.6) is 0 Å². The third kappa shape index (κ3) is 4.41. The van der Waals surface area contributed by atoms with E-state index in [1.807, 2.05) is 25.7 Å². The van der Waals surface area contributed by atoms with E-state index in [0.29, 0.717) is 12.6 Å². The lowest BCUT2D eigenvalue weighted by molar-refractivity contribution is -0.139. The monoisotopic (exact) mass is 306 g/mol. The van der Waals surface area contributed by atoms with Gasteiger partial charge in [0.25, 0.3) is 0 Å². The lowest BCUT2D eigenvalue weighted by Gasteiger charge is -2.35. The average molecular weight is 306 g/mol. The van der Waals surface area contributed by atoms with E-state index in [2.05, 4.69) is 0 Å². The fourth-order valence-corrected chi connectivity index (χ4v) is 2.54. The summed E-state index contributed by atoms with van der Waals surface area (Å²) in [5.41, 5.74) is 4.81. The van der Waals surface area contributed by atoms with E-state index in [0.717, 1.165) is 12.5 Å². The predicted molar refractivity (Wildman–Crippen MR) is 75.3 cm³/mol. The van der Waals surface area contributed by atoms with Crippen LogP contribution in [0.3, 0.4) is 0 Å². The van der Waals surface area contributed by atoms with Gasteiger partial charge in [-0.15, -0.1) is 0 Å². The number of hydrogen-bond acceptors (Lipinski definition) is 2. The maximum Gasteiger partial charge on any atom is 0.416 e. The topological polar surface area (TPSA) is 29.3 Å². The van der Waals surface area contributed by atoms with Crippen LogP contribution in [0.1, 0.15) is 44.4 Å². The molecule has 0 aromatic heterocycles. The molecule has 0 amide bonds. The zero-order valence-corrected chi connectivity index (χ0v) is 12.5. The van der Waals surface area contributed by atoms with E-state index in [1.54, 1.807) is 0 Å². The first kappa shape index (κ1) is 17.9. The van der Waals surface area contributed by atoms with Crippen LogP contribution >= 0.6 is 0 Å². The molecule has 0 bridgehead atoms. The Labute approximate surface area is 122 Å². The molecule has 0 saturated carbocycles. The molecule has 1 unspecified atom stereocenters. The van der Waals surface area contributed by atoms with E-state index in [9.17, 15) is 17.6 Å². The Hall–Kier alpha value is -1.14. The maximum atomic E-state index is 13.2. The molecular formula is C15H22F4N2. The molecule has 0 heterocycles. The summed E-state index contributed by atoms with van der Waals surface area (Å²) < 4.78 is 52.7. The molecule has 1 rings (SSSR count). The Morgan fingerprint density at radius 2 is 1.86 bits per heavy atom. The summed E-state index contributed by atoms with van der Waals surface area (Å²) in [5, 5.41) is 0. The van der Waals surface area contributed by atoms with Gasteiger partial charge in [-0.2, -0.15) is 13.2 Å². The summed E-state index contributed by atoms with van der Waals surface area (Å²) in [6, 6.07) is 2.26. The Balaban J connectivity index is 3.33. The number of halogens is 4. The summed E-state index contributed by atoms with van der Waals surface area (Å²) in [6.07, 6.45) is -3.79. The van der Waals surface area contributed by atoms with Gasteiger partial charge in [0.15, 0.2) is 0 Å². The quantitative estimate of drug-likeness (QED) is 0.806. The van der Waals surface area contributed by atoms with Crippen LogP contribution < -0.4 is 5.73 Å². The molecule has 0 saturated heterocycles. The van der Waals surface area contributed by atoms with Crippen LogP contribution in [0.2, 0.25) is 0 Å². The van der Waals surface area contributed by atoms with Gasteiger partial charge in [0, 0.05) is 18.6 Å². The van der Waals surface area contributed by atoms with Crippen LogP contribution in [0, 0.1) is 5.82 Å². The molecule has 120 valence electrons. The molecule has 1 aromatic rings. The third-order valence-electron chi connectivity index (χ3n) is 3.45. The van der Waals surface area contributed by atoms with E-state index < -0.39 is 23.6 Å². The minimum absolute atomic E-state index is 0.0357. The molecule has 2 N–H and O–H groups in total. The smallest absolute Gasteiger partial charge is 0.329 e. The molecule has 0 aliphatic rings. The van der Waals surface area contributed by atoms with Crippen LogP contribution in [-0.2, 0) is 6.18 Å². The molecule has 0 aliphatic carbocycles. The minimum atomic E-state index is -4.60. The number of nitrogens with zero attached hydrogens (tertiary/aromatic N) is 1. The highest BCUT2D eigenvalue weighted by atomic mass is 19.4. The fraction of sp³-hybridized carbons (Fsp3) is 0.600. The summed E-state index contributed by atoms with van der Waals surface area (Å²) in [7, 11) is 0. The molecule has 0 aliphatic heterocycles. The van der Waals surface area contributed by atoms with Gasteiger partial charge in [-0.25, -0.2) is 4.39 Å². The molecule has 0 spiro atoms. The van der Waals surface area contributed by atoms with Gasteiger partial charge in [0.1, 0.15) is 5.82 Å². The number of hydrogen-bond donors (Lipinski definition) is 1. The SMILES string of the molecule is CCCN(C(C)C)C(CN)c1ccc(F)cc1C(F)(F)F. The van der Waals surface area contributed by atoms with Crippen LogP contribution in [0.15, 0.2) is 18.2 Å². The maximum absolute atomic E-state index is 13.2. The Morgan fingerprint density at radius 3 is 2.29 bits per heavy atom. The van der Waals surface area contributed by atoms with Crippen molar-refractivity contribution in [2.24, 2.45) is 5.73 Å². The molecule has 1 aromatic carbocycles. The van der Waals surface area contributed by atoms with Gasteiger partial charge in [0.2, 0.25) is 0 Å². The lowest BCUT2D eigenvalue weighted by Crippen LogP contribution is -2.40. The minimum Gasteiger partial charge on any atom is -0.329 e. The van der Waals surface area contributed by atoms with Crippen molar-refractivity contribution in [3.8, 4) is 0 Å². The third-order valence-corrected chi connectivity index (χ3v) is 3.45. The van der Waals surface area contributed by atoms with Crippen molar-refractivity contribution in [2.75, 3.05) is 13.1 Å².